The van der Waals surface area contributed by atoms with Crippen LogP contribution in [0.4, 0.5) is 0 Å². The van der Waals surface area contributed by atoms with Gasteiger partial charge < -0.3 is 4.74 Å². The van der Waals surface area contributed by atoms with E-state index in [1.54, 1.807) is 0 Å². The van der Waals surface area contributed by atoms with Crippen molar-refractivity contribution in [3.05, 3.63) is 119 Å². The molecular weight excluding hydrogens is 470 g/mol. The van der Waals surface area contributed by atoms with Gasteiger partial charge in [0.05, 0.1) is 0 Å². The molecule has 0 aromatic heterocycles. The molecule has 0 bridgehead atoms. The molecule has 2 unspecified atom stereocenters. The van der Waals surface area contributed by atoms with E-state index in [1.165, 1.54) is 0 Å². The third-order valence-corrected chi connectivity index (χ3v) is 6.46. The second-order valence-electron chi connectivity index (χ2n) is 7.72. The van der Waals surface area contributed by atoms with Gasteiger partial charge in [0.1, 0.15) is 20.9 Å². The number of hydrogen-bond acceptors (Lipinski definition) is 1. The molecule has 160 valence electrons. The molecule has 0 saturated carbocycles. The topological polar surface area (TPSA) is 9.23 Å². The van der Waals surface area contributed by atoms with Crippen molar-refractivity contribution in [2.24, 2.45) is 0 Å². The Kier molecular flexibility index (Phi) is 7.01. The van der Waals surface area contributed by atoms with Crippen molar-refractivity contribution in [2.75, 3.05) is 0 Å². The lowest BCUT2D eigenvalue weighted by Crippen LogP contribution is -2.19. The maximum absolute atomic E-state index is 6.83. The number of halogens is 4. The molecule has 0 aliphatic heterocycles. The van der Waals surface area contributed by atoms with Crippen molar-refractivity contribution >= 4 is 46.4 Å². The van der Waals surface area contributed by atoms with Gasteiger partial charge >= 0.3 is 0 Å². The minimum atomic E-state index is -0.887. The molecule has 0 spiro atoms. The average molecular weight is 492 g/mol. The fraction of sp³-hybridized carbons (Fsp3) is 0.231. The molecule has 2 atom stereocenters. The Hall–Kier alpha value is -1.48. The number of alkyl halides is 4. The number of hydrogen-bond donors (Lipinski definition) is 0. The van der Waals surface area contributed by atoms with Gasteiger partial charge in [-0.1, -0.05) is 131 Å². The molecule has 0 saturated heterocycles. The maximum Gasteiger partial charge on any atom is 0.140 e. The van der Waals surface area contributed by atoms with Gasteiger partial charge in [-0.15, -0.1) is 0 Å². The number of rotatable bonds is 6. The van der Waals surface area contributed by atoms with Crippen LogP contribution in [0.3, 0.4) is 0 Å². The van der Waals surface area contributed by atoms with Crippen molar-refractivity contribution in [3.63, 3.8) is 0 Å². The van der Waals surface area contributed by atoms with Gasteiger partial charge in [0.25, 0.3) is 0 Å². The van der Waals surface area contributed by atoms with Crippen LogP contribution in [0, 0.1) is 0 Å². The smallest absolute Gasteiger partial charge is 0.140 e. The van der Waals surface area contributed by atoms with Crippen molar-refractivity contribution in [3.8, 4) is 0 Å². The lowest BCUT2D eigenvalue weighted by atomic mass is 9.93. The summed E-state index contributed by atoms with van der Waals surface area (Å²) in [6, 6.07) is 20.3. The monoisotopic (exact) mass is 490 g/mol. The second-order valence-corrected chi connectivity index (χ2v) is 10.8. The maximum atomic E-state index is 6.83. The summed E-state index contributed by atoms with van der Waals surface area (Å²) < 4.78 is 5.05. The first kappa shape index (κ1) is 22.7. The van der Waals surface area contributed by atoms with E-state index in [9.17, 15) is 0 Å². The fourth-order valence-corrected chi connectivity index (χ4v) is 4.26. The van der Waals surface area contributed by atoms with Crippen LogP contribution < -0.4 is 0 Å². The predicted octanol–water partition coefficient (Wildman–Crippen LogP) is 8.61. The molecule has 2 aliphatic carbocycles. The van der Waals surface area contributed by atoms with Gasteiger partial charge in [-0.05, 0) is 34.4 Å². The summed E-state index contributed by atoms with van der Waals surface area (Å²) in [5, 5.41) is 0. The van der Waals surface area contributed by atoms with E-state index >= 15 is 0 Å². The Morgan fingerprint density at radius 3 is 1.32 bits per heavy atom. The average Bonchev–Trinajstić information content (AvgIpc) is 2.77. The van der Waals surface area contributed by atoms with Gasteiger partial charge in [0.2, 0.25) is 0 Å². The van der Waals surface area contributed by atoms with Crippen LogP contribution in [0.1, 0.15) is 36.2 Å². The Bertz CT molecular complexity index is 936. The van der Waals surface area contributed by atoms with Crippen LogP contribution in [0.25, 0.3) is 0 Å². The van der Waals surface area contributed by atoms with E-state index in [0.717, 1.165) is 22.3 Å². The molecule has 0 fully saturated rings. The zero-order valence-corrected chi connectivity index (χ0v) is 19.8. The van der Waals surface area contributed by atoms with E-state index in [0.29, 0.717) is 12.8 Å². The van der Waals surface area contributed by atoms with E-state index in [1.807, 2.05) is 72.9 Å². The highest BCUT2D eigenvalue weighted by atomic mass is 35.5. The van der Waals surface area contributed by atoms with Crippen molar-refractivity contribution in [1.82, 2.24) is 0 Å². The van der Waals surface area contributed by atoms with E-state index in [-0.39, 0.29) is 12.2 Å². The van der Waals surface area contributed by atoms with Gasteiger partial charge in [0, 0.05) is 12.8 Å². The second kappa shape index (κ2) is 9.57. The summed E-state index contributed by atoms with van der Waals surface area (Å²) in [4.78, 5) is 0. The van der Waals surface area contributed by atoms with E-state index < -0.39 is 8.67 Å². The number of benzene rings is 2. The summed E-state index contributed by atoms with van der Waals surface area (Å²) in [6.45, 7) is 0. The van der Waals surface area contributed by atoms with Crippen molar-refractivity contribution in [1.29, 1.82) is 0 Å². The van der Waals surface area contributed by atoms with Gasteiger partial charge in [0.15, 0.2) is 0 Å². The lowest BCUT2D eigenvalue weighted by Gasteiger charge is -2.31. The molecule has 5 heteroatoms. The number of allylic oxidation sites excluding steroid dienone is 4. The van der Waals surface area contributed by atoms with E-state index in [2.05, 4.69) is 24.3 Å². The molecule has 0 N–H and O–H groups in total. The Labute approximate surface area is 203 Å². The Morgan fingerprint density at radius 2 is 1.00 bits per heavy atom. The summed E-state index contributed by atoms with van der Waals surface area (Å²) >= 11 is 25.2. The molecule has 1 nitrogen and oxygen atoms in total. The summed E-state index contributed by atoms with van der Waals surface area (Å²) in [5.74, 6) is 0. The summed E-state index contributed by atoms with van der Waals surface area (Å²) in [5.41, 5.74) is 4.16. The molecule has 0 heterocycles. The molecule has 31 heavy (non-hydrogen) atoms. The van der Waals surface area contributed by atoms with Crippen LogP contribution in [0.2, 0.25) is 0 Å². The van der Waals surface area contributed by atoms with E-state index in [4.69, 9.17) is 51.1 Å². The molecule has 2 aliphatic rings. The fourth-order valence-electron chi connectivity index (χ4n) is 3.70. The zero-order valence-electron chi connectivity index (χ0n) is 16.7. The SMILES string of the molecule is ClC1(Cl)C=CC(C(OC(C2=CCC(Cl)(Cl)C=C2)c2ccccc2)c2ccccc2)=CC1. The van der Waals surface area contributed by atoms with Crippen LogP contribution in [-0.4, -0.2) is 8.67 Å². The van der Waals surface area contributed by atoms with Gasteiger partial charge in [-0.2, -0.15) is 0 Å². The molecule has 2 aromatic rings. The Morgan fingerprint density at radius 1 is 0.613 bits per heavy atom. The molecule has 2 aromatic carbocycles. The first-order valence-electron chi connectivity index (χ1n) is 10.1. The minimum Gasteiger partial charge on any atom is -0.356 e. The van der Waals surface area contributed by atoms with Crippen molar-refractivity contribution < 1.29 is 4.74 Å². The third-order valence-electron chi connectivity index (χ3n) is 5.34. The highest BCUT2D eigenvalue weighted by molar-refractivity contribution is 6.50. The van der Waals surface area contributed by atoms with Crippen LogP contribution >= 0.6 is 46.4 Å². The van der Waals surface area contributed by atoms with Crippen LogP contribution in [0.5, 0.6) is 0 Å². The lowest BCUT2D eigenvalue weighted by molar-refractivity contribution is 0.0294. The van der Waals surface area contributed by atoms with Gasteiger partial charge in [-0.3, -0.25) is 0 Å². The van der Waals surface area contributed by atoms with Crippen molar-refractivity contribution in [2.45, 2.75) is 33.7 Å². The molecule has 0 radical (unpaired) electrons. The minimum absolute atomic E-state index is 0.292. The quantitative estimate of drug-likeness (QED) is 0.367. The number of ether oxygens (including phenoxy) is 1. The summed E-state index contributed by atoms with van der Waals surface area (Å²) in [6.07, 6.45) is 12.1. The first-order chi connectivity index (χ1) is 14.8. The van der Waals surface area contributed by atoms with Gasteiger partial charge in [-0.25, -0.2) is 0 Å². The highest BCUT2D eigenvalue weighted by Crippen LogP contribution is 2.42. The predicted molar refractivity (Wildman–Crippen MR) is 132 cm³/mol. The van der Waals surface area contributed by atoms with Crippen LogP contribution in [-0.2, 0) is 4.74 Å². The standard InChI is InChI=1S/C26H22Cl4O/c27-25(28)15-11-21(12-16-25)23(19-7-3-1-4-8-19)31-24(20-9-5-2-6-10-20)22-13-17-26(29,30)18-14-22/h1-15,17,23-24H,16,18H2. The van der Waals surface area contributed by atoms with Crippen LogP contribution in [0.15, 0.2) is 108 Å². The summed E-state index contributed by atoms with van der Waals surface area (Å²) in [7, 11) is 0. The molecule has 0 amide bonds. The molecule has 4 rings (SSSR count). The Balaban J connectivity index is 1.71. The normalized spacial score (nSPS) is 21.2. The largest absolute Gasteiger partial charge is 0.356 e. The first-order valence-corrected chi connectivity index (χ1v) is 11.6. The molecular formula is C26H22Cl4O. The third kappa shape index (κ3) is 5.86. The highest BCUT2D eigenvalue weighted by Gasteiger charge is 2.30. The zero-order chi connectivity index (χ0) is 21.9.